The van der Waals surface area contributed by atoms with Crippen LogP contribution < -0.4 is 21.7 Å². The van der Waals surface area contributed by atoms with Crippen molar-refractivity contribution in [1.29, 1.82) is 0 Å². The third-order valence-electron chi connectivity index (χ3n) is 5.04. The van der Waals surface area contributed by atoms with Crippen LogP contribution in [0.1, 0.15) is 22.0 Å². The monoisotopic (exact) mass is 441 g/mol. The number of anilines is 3. The van der Waals surface area contributed by atoms with Crippen molar-refractivity contribution in [1.82, 2.24) is 20.5 Å². The van der Waals surface area contributed by atoms with Crippen molar-refractivity contribution in [3.05, 3.63) is 90.1 Å². The van der Waals surface area contributed by atoms with Crippen LogP contribution in [-0.4, -0.2) is 34.0 Å². The van der Waals surface area contributed by atoms with E-state index in [0.717, 1.165) is 5.56 Å². The van der Waals surface area contributed by atoms with E-state index in [9.17, 15) is 9.59 Å². The third kappa shape index (κ3) is 4.89. The van der Waals surface area contributed by atoms with Crippen LogP contribution in [0.15, 0.2) is 79.0 Å². The molecule has 0 saturated carbocycles. The topological polar surface area (TPSA) is 138 Å². The molecule has 0 bridgehead atoms. The van der Waals surface area contributed by atoms with E-state index < -0.39 is 11.9 Å². The van der Waals surface area contributed by atoms with E-state index in [2.05, 4.69) is 31.1 Å². The molecule has 4 rings (SSSR count). The van der Waals surface area contributed by atoms with Gasteiger partial charge in [0.05, 0.1) is 0 Å². The van der Waals surface area contributed by atoms with Gasteiger partial charge in [0.2, 0.25) is 5.91 Å². The average Bonchev–Trinajstić information content (AvgIpc) is 3.25. The molecule has 1 atom stereocenters. The predicted molar refractivity (Wildman–Crippen MR) is 127 cm³/mol. The fourth-order valence-electron chi connectivity index (χ4n) is 3.47. The molecular weight excluding hydrogens is 418 g/mol. The second-order valence-corrected chi connectivity index (χ2v) is 7.23. The van der Waals surface area contributed by atoms with Crippen molar-refractivity contribution in [2.24, 2.45) is 5.73 Å². The number of H-pyrrole nitrogens is 1. The lowest BCUT2D eigenvalue weighted by atomic mass is 10.1. The lowest BCUT2D eigenvalue weighted by Crippen LogP contribution is -2.30. The molecule has 166 valence electrons. The number of primary amides is 1. The molecule has 2 heterocycles. The molecule has 0 aliphatic rings. The highest BCUT2D eigenvalue weighted by Crippen LogP contribution is 2.29. The molecule has 1 unspecified atom stereocenters. The summed E-state index contributed by atoms with van der Waals surface area (Å²) in [4.78, 5) is 29.1. The highest BCUT2D eigenvalue weighted by molar-refractivity contribution is 6.04. The Kier molecular flexibility index (Phi) is 6.42. The van der Waals surface area contributed by atoms with Gasteiger partial charge in [-0.2, -0.15) is 5.10 Å². The number of likely N-dealkylation sites (N-methyl/N-ethyl adjacent to an activating group) is 1. The fraction of sp³-hybridized carbons (Fsp3) is 0.0833. The van der Waals surface area contributed by atoms with Crippen molar-refractivity contribution in [2.75, 3.05) is 17.7 Å². The zero-order valence-corrected chi connectivity index (χ0v) is 17.9. The second-order valence-electron chi connectivity index (χ2n) is 7.23. The maximum Gasteiger partial charge on any atom is 0.254 e. The Morgan fingerprint density at radius 1 is 0.970 bits per heavy atom. The first-order chi connectivity index (χ1) is 16.1. The van der Waals surface area contributed by atoms with Gasteiger partial charge in [-0.3, -0.25) is 14.7 Å². The number of hydrogen-bond acceptors (Lipinski definition) is 6. The van der Waals surface area contributed by atoms with Crippen LogP contribution in [0.25, 0.3) is 11.3 Å². The van der Waals surface area contributed by atoms with E-state index in [4.69, 9.17) is 5.73 Å². The number of carbonyl (C=O) groups excluding carboxylic acids is 2. The summed E-state index contributed by atoms with van der Waals surface area (Å²) in [6.07, 6.45) is 1.63. The summed E-state index contributed by atoms with van der Waals surface area (Å²) in [5.74, 6) is 0.0873. The highest BCUT2D eigenvalue weighted by atomic mass is 16.2. The van der Waals surface area contributed by atoms with Gasteiger partial charge < -0.3 is 21.7 Å². The Labute approximate surface area is 190 Å². The molecule has 0 radical (unpaired) electrons. The molecule has 9 nitrogen and oxygen atoms in total. The fourth-order valence-corrected chi connectivity index (χ4v) is 3.47. The number of aromatic amines is 1. The molecule has 0 aliphatic carbocycles. The molecule has 0 fully saturated rings. The number of nitrogens with two attached hydrogens (primary N) is 1. The van der Waals surface area contributed by atoms with Crippen LogP contribution in [0.4, 0.5) is 17.3 Å². The Bertz CT molecular complexity index is 1240. The lowest BCUT2D eigenvalue weighted by molar-refractivity contribution is -0.118. The molecule has 2 amide bonds. The second kappa shape index (κ2) is 9.75. The van der Waals surface area contributed by atoms with Gasteiger partial charge in [0.15, 0.2) is 0 Å². The minimum absolute atomic E-state index is 0.184. The van der Waals surface area contributed by atoms with Gasteiger partial charge in [-0.1, -0.05) is 48.5 Å². The third-order valence-corrected chi connectivity index (χ3v) is 5.04. The van der Waals surface area contributed by atoms with Crippen LogP contribution in [0.2, 0.25) is 0 Å². The van der Waals surface area contributed by atoms with Crippen molar-refractivity contribution in [3.8, 4) is 11.3 Å². The predicted octanol–water partition coefficient (Wildman–Crippen LogP) is 3.21. The quantitative estimate of drug-likeness (QED) is 0.285. The van der Waals surface area contributed by atoms with Gasteiger partial charge in [0, 0.05) is 17.4 Å². The van der Waals surface area contributed by atoms with Crippen LogP contribution in [0, 0.1) is 0 Å². The van der Waals surface area contributed by atoms with E-state index in [1.54, 1.807) is 49.6 Å². The van der Waals surface area contributed by atoms with Gasteiger partial charge in [-0.25, -0.2) is 4.98 Å². The molecule has 2 aromatic carbocycles. The minimum atomic E-state index is -0.630. The summed E-state index contributed by atoms with van der Waals surface area (Å²) in [6.45, 7) is 0. The van der Waals surface area contributed by atoms with E-state index in [-0.39, 0.29) is 11.5 Å². The number of nitrogens with zero attached hydrogens (tertiary/aromatic N) is 2. The Balaban J connectivity index is 1.53. The number of amides is 2. The first-order valence-corrected chi connectivity index (χ1v) is 10.3. The number of carbonyl (C=O) groups is 2. The molecule has 2 aromatic heterocycles. The number of aromatic nitrogens is 3. The van der Waals surface area contributed by atoms with E-state index in [0.29, 0.717) is 28.6 Å². The molecule has 0 aliphatic heterocycles. The van der Waals surface area contributed by atoms with Crippen molar-refractivity contribution in [2.45, 2.75) is 6.04 Å². The van der Waals surface area contributed by atoms with E-state index in [1.807, 2.05) is 36.4 Å². The smallest absolute Gasteiger partial charge is 0.254 e. The van der Waals surface area contributed by atoms with E-state index >= 15 is 0 Å². The lowest BCUT2D eigenvalue weighted by Gasteiger charge is -2.16. The van der Waals surface area contributed by atoms with Crippen molar-refractivity contribution in [3.63, 3.8) is 0 Å². The maximum atomic E-state index is 12.8. The van der Waals surface area contributed by atoms with Crippen LogP contribution in [0.5, 0.6) is 0 Å². The number of pyridine rings is 1. The maximum absolute atomic E-state index is 12.8. The first-order valence-electron chi connectivity index (χ1n) is 10.3. The van der Waals surface area contributed by atoms with Crippen molar-refractivity contribution < 1.29 is 9.59 Å². The van der Waals surface area contributed by atoms with Gasteiger partial charge >= 0.3 is 0 Å². The zero-order valence-electron chi connectivity index (χ0n) is 17.9. The standard InChI is InChI=1S/C24H23N7O2/c1-26-21(15-7-3-2-4-8-15)24(33)28-17-12-10-16(11-13-17)20-19(22(25)32)23(31-30-20)29-18-9-5-6-14-27-18/h2-14,21,26H,1H3,(H2,25,32)(H,28,33)(H2,27,29,30,31). The Morgan fingerprint density at radius 2 is 1.70 bits per heavy atom. The number of rotatable bonds is 8. The van der Waals surface area contributed by atoms with Crippen molar-refractivity contribution >= 4 is 29.1 Å². The molecule has 0 spiro atoms. The Morgan fingerprint density at radius 3 is 2.33 bits per heavy atom. The number of nitrogens with one attached hydrogen (secondary N) is 4. The molecule has 4 aromatic rings. The molecule has 33 heavy (non-hydrogen) atoms. The van der Waals surface area contributed by atoms with Crippen LogP contribution in [-0.2, 0) is 4.79 Å². The zero-order chi connectivity index (χ0) is 23.2. The summed E-state index contributed by atoms with van der Waals surface area (Å²) >= 11 is 0. The van der Waals surface area contributed by atoms with E-state index in [1.165, 1.54) is 0 Å². The summed E-state index contributed by atoms with van der Waals surface area (Å²) in [6, 6.07) is 21.4. The molecule has 0 saturated heterocycles. The average molecular weight is 441 g/mol. The largest absolute Gasteiger partial charge is 0.365 e. The van der Waals surface area contributed by atoms with Gasteiger partial charge in [-0.05, 0) is 36.9 Å². The summed E-state index contributed by atoms with van der Waals surface area (Å²) < 4.78 is 0. The Hall–Kier alpha value is -4.50. The molecule has 6 N–H and O–H groups in total. The molecular formula is C24H23N7O2. The minimum Gasteiger partial charge on any atom is -0.365 e. The summed E-state index contributed by atoms with van der Waals surface area (Å²) in [5.41, 5.74) is 8.39. The highest BCUT2D eigenvalue weighted by Gasteiger charge is 2.21. The SMILES string of the molecule is CNC(C(=O)Nc1ccc(-c2n[nH]c(Nc3ccccn3)c2C(N)=O)cc1)c1ccccc1. The van der Waals surface area contributed by atoms with Gasteiger partial charge in [-0.15, -0.1) is 0 Å². The van der Waals surface area contributed by atoms with Crippen LogP contribution >= 0.6 is 0 Å². The number of benzene rings is 2. The van der Waals surface area contributed by atoms with Crippen LogP contribution in [0.3, 0.4) is 0 Å². The summed E-state index contributed by atoms with van der Waals surface area (Å²) in [5, 5.41) is 16.0. The number of hydrogen-bond donors (Lipinski definition) is 5. The molecule has 9 heteroatoms. The summed E-state index contributed by atoms with van der Waals surface area (Å²) in [7, 11) is 1.74. The normalized spacial score (nSPS) is 11.5. The van der Waals surface area contributed by atoms with Gasteiger partial charge in [0.25, 0.3) is 5.91 Å². The van der Waals surface area contributed by atoms with Gasteiger partial charge in [0.1, 0.15) is 28.9 Å². The first kappa shape index (κ1) is 21.7.